The van der Waals surface area contributed by atoms with Crippen molar-refractivity contribution >= 4 is 23.0 Å². The Hall–Kier alpha value is 0.650. The summed E-state index contributed by atoms with van der Waals surface area (Å²) in [4.78, 5) is 0. The fraction of sp³-hybridized carbons (Fsp3) is 1.00. The van der Waals surface area contributed by atoms with Crippen LogP contribution in [0.2, 0.25) is 0 Å². The summed E-state index contributed by atoms with van der Waals surface area (Å²) in [5, 5.41) is 0. The minimum atomic E-state index is 0.796. The van der Waals surface area contributed by atoms with Crippen molar-refractivity contribution in [2.45, 2.75) is 19.8 Å². The maximum Gasteiger partial charge on any atom is 0.109 e. The largest absolute Gasteiger partial charge is 0.381 e. The molecular formula is C6H13IO2. The molecule has 0 unspecified atom stereocenters. The maximum absolute atomic E-state index is 5.20. The molecule has 0 aromatic heterocycles. The lowest BCUT2D eigenvalue weighted by Gasteiger charge is -1.99. The molecule has 0 rings (SSSR count). The van der Waals surface area contributed by atoms with E-state index in [4.69, 9.17) is 7.80 Å². The zero-order valence-electron chi connectivity index (χ0n) is 5.73. The molecule has 56 valence electrons. The molecule has 0 aromatic carbocycles. The first kappa shape index (κ1) is 9.65. The fourth-order valence-electron chi connectivity index (χ4n) is 0.462. The number of hydrogen-bond acceptors (Lipinski definition) is 2. The van der Waals surface area contributed by atoms with Crippen molar-refractivity contribution < 1.29 is 7.80 Å². The van der Waals surface area contributed by atoms with Gasteiger partial charge in [-0.05, 0) is 12.8 Å². The third-order valence-electron chi connectivity index (χ3n) is 0.859. The Morgan fingerprint density at radius 3 is 2.56 bits per heavy atom. The first-order valence-electron chi connectivity index (χ1n) is 3.23. The number of rotatable bonds is 6. The minimum Gasteiger partial charge on any atom is -0.381 e. The molecular weight excluding hydrogens is 231 g/mol. The van der Waals surface area contributed by atoms with E-state index in [9.17, 15) is 0 Å². The topological polar surface area (TPSA) is 18.5 Å². The van der Waals surface area contributed by atoms with Gasteiger partial charge in [0.25, 0.3) is 0 Å². The first-order chi connectivity index (χ1) is 4.41. The van der Waals surface area contributed by atoms with Crippen LogP contribution in [0.5, 0.6) is 0 Å². The molecule has 0 aliphatic rings. The van der Waals surface area contributed by atoms with E-state index in [2.05, 4.69) is 6.92 Å². The van der Waals surface area contributed by atoms with Crippen molar-refractivity contribution in [1.82, 2.24) is 0 Å². The van der Waals surface area contributed by atoms with E-state index < -0.39 is 0 Å². The monoisotopic (exact) mass is 244 g/mol. The molecule has 0 fully saturated rings. The van der Waals surface area contributed by atoms with Crippen molar-refractivity contribution in [2.24, 2.45) is 0 Å². The highest BCUT2D eigenvalue weighted by Crippen LogP contribution is 1.90. The molecule has 0 radical (unpaired) electrons. The van der Waals surface area contributed by atoms with E-state index in [0.29, 0.717) is 0 Å². The fourth-order valence-corrected chi connectivity index (χ4v) is 0.773. The van der Waals surface area contributed by atoms with Crippen LogP contribution < -0.4 is 0 Å². The average molecular weight is 244 g/mol. The van der Waals surface area contributed by atoms with Gasteiger partial charge in [0.05, 0.1) is 6.61 Å². The van der Waals surface area contributed by atoms with Gasteiger partial charge in [-0.25, -0.2) is 0 Å². The quantitative estimate of drug-likeness (QED) is 0.526. The van der Waals surface area contributed by atoms with Crippen LogP contribution in [0.15, 0.2) is 0 Å². The summed E-state index contributed by atoms with van der Waals surface area (Å²) < 4.78 is 10.0. The summed E-state index contributed by atoms with van der Waals surface area (Å²) in [5.74, 6) is 0. The first-order valence-corrected chi connectivity index (χ1v) is 4.11. The molecule has 0 saturated heterocycles. The Balaban J connectivity index is 2.60. The number of hydrogen-bond donors (Lipinski definition) is 0. The van der Waals surface area contributed by atoms with Gasteiger partial charge in [-0.15, -0.1) is 0 Å². The maximum atomic E-state index is 5.20. The summed E-state index contributed by atoms with van der Waals surface area (Å²) in [7, 11) is 0. The van der Waals surface area contributed by atoms with Gasteiger partial charge < -0.3 is 7.80 Å². The zero-order valence-corrected chi connectivity index (χ0v) is 7.89. The van der Waals surface area contributed by atoms with Crippen LogP contribution in [0.4, 0.5) is 0 Å². The summed E-state index contributed by atoms with van der Waals surface area (Å²) in [6.45, 7) is 4.61. The molecule has 3 heteroatoms. The molecule has 0 aliphatic heterocycles. The lowest BCUT2D eigenvalue weighted by atomic mass is 10.5. The number of halogens is 1. The molecule has 0 aromatic rings. The highest BCUT2D eigenvalue weighted by atomic mass is 127. The van der Waals surface area contributed by atoms with Crippen LogP contribution in [-0.4, -0.2) is 19.8 Å². The second-order valence-corrected chi connectivity index (χ2v) is 2.40. The Morgan fingerprint density at radius 1 is 1.22 bits per heavy atom. The minimum absolute atomic E-state index is 0.796. The van der Waals surface area contributed by atoms with Crippen LogP contribution in [0, 0.1) is 0 Å². The average Bonchev–Trinajstić information content (AvgIpc) is 1.89. The summed E-state index contributed by atoms with van der Waals surface area (Å²) >= 11 is 1.89. The van der Waals surface area contributed by atoms with E-state index in [1.54, 1.807) is 0 Å². The van der Waals surface area contributed by atoms with Crippen LogP contribution >= 0.6 is 23.0 Å². The lowest BCUT2D eigenvalue weighted by Crippen LogP contribution is -1.97. The van der Waals surface area contributed by atoms with Crippen molar-refractivity contribution in [3.8, 4) is 0 Å². The lowest BCUT2D eigenvalue weighted by molar-refractivity contribution is 0.125. The highest BCUT2D eigenvalue weighted by Gasteiger charge is 1.85. The molecule has 0 aliphatic carbocycles. The SMILES string of the molecule is CCCOCCCOI. The van der Waals surface area contributed by atoms with Gasteiger partial charge in [0.2, 0.25) is 0 Å². The molecule has 0 atom stereocenters. The van der Waals surface area contributed by atoms with Crippen molar-refractivity contribution in [1.29, 1.82) is 0 Å². The highest BCUT2D eigenvalue weighted by molar-refractivity contribution is 14.1. The predicted molar refractivity (Wildman–Crippen MR) is 45.7 cm³/mol. The van der Waals surface area contributed by atoms with E-state index >= 15 is 0 Å². The van der Waals surface area contributed by atoms with Crippen LogP contribution in [0.25, 0.3) is 0 Å². The van der Waals surface area contributed by atoms with Gasteiger partial charge in [-0.1, -0.05) is 6.92 Å². The molecule has 2 nitrogen and oxygen atoms in total. The standard InChI is InChI=1S/C6H13IO2/c1-2-4-8-5-3-6-9-7/h2-6H2,1H3. The third-order valence-corrected chi connectivity index (χ3v) is 1.30. The van der Waals surface area contributed by atoms with Gasteiger partial charge in [-0.2, -0.15) is 0 Å². The Labute approximate surface area is 70.6 Å². The Morgan fingerprint density at radius 2 is 2.00 bits per heavy atom. The van der Waals surface area contributed by atoms with Crippen molar-refractivity contribution in [3.63, 3.8) is 0 Å². The summed E-state index contributed by atoms with van der Waals surface area (Å²) in [5.41, 5.74) is 0. The van der Waals surface area contributed by atoms with Crippen LogP contribution in [0.1, 0.15) is 19.8 Å². The van der Waals surface area contributed by atoms with Crippen LogP contribution in [-0.2, 0) is 7.80 Å². The van der Waals surface area contributed by atoms with Gasteiger partial charge >= 0.3 is 0 Å². The second kappa shape index (κ2) is 8.65. The second-order valence-electron chi connectivity index (χ2n) is 1.78. The molecule has 0 saturated carbocycles. The number of ether oxygens (including phenoxy) is 1. The molecule has 0 heterocycles. The predicted octanol–water partition coefficient (Wildman–Crippen LogP) is 2.17. The van der Waals surface area contributed by atoms with Gasteiger partial charge in [0.15, 0.2) is 0 Å². The molecule has 0 bridgehead atoms. The molecule has 9 heavy (non-hydrogen) atoms. The van der Waals surface area contributed by atoms with Crippen molar-refractivity contribution in [2.75, 3.05) is 19.8 Å². The van der Waals surface area contributed by atoms with E-state index in [1.807, 2.05) is 23.0 Å². The summed E-state index contributed by atoms with van der Waals surface area (Å²) in [6.07, 6.45) is 2.11. The Kier molecular flexibility index (Phi) is 9.27. The van der Waals surface area contributed by atoms with Crippen molar-refractivity contribution in [3.05, 3.63) is 0 Å². The normalized spacial score (nSPS) is 10.0. The van der Waals surface area contributed by atoms with Gasteiger partial charge in [-0.3, -0.25) is 0 Å². The van der Waals surface area contributed by atoms with Crippen LogP contribution in [0.3, 0.4) is 0 Å². The molecule has 0 N–H and O–H groups in total. The zero-order chi connectivity index (χ0) is 6.95. The summed E-state index contributed by atoms with van der Waals surface area (Å²) in [6, 6.07) is 0. The van der Waals surface area contributed by atoms with Gasteiger partial charge in [0, 0.05) is 13.2 Å². The van der Waals surface area contributed by atoms with E-state index in [0.717, 1.165) is 32.7 Å². The van der Waals surface area contributed by atoms with E-state index in [1.165, 1.54) is 0 Å². The van der Waals surface area contributed by atoms with Gasteiger partial charge in [0.1, 0.15) is 23.0 Å². The molecule has 0 spiro atoms. The third kappa shape index (κ3) is 8.65. The Bertz CT molecular complexity index is 44.3. The van der Waals surface area contributed by atoms with E-state index in [-0.39, 0.29) is 0 Å². The molecule has 0 amide bonds. The smallest absolute Gasteiger partial charge is 0.109 e.